The highest BCUT2D eigenvalue weighted by Gasteiger charge is 2.27. The molecule has 4 heterocycles. The number of nitrogens with zero attached hydrogens (tertiary/aromatic N) is 4. The van der Waals surface area contributed by atoms with E-state index >= 15 is 0 Å². The second-order valence-electron chi connectivity index (χ2n) is 7.11. The van der Waals surface area contributed by atoms with E-state index in [2.05, 4.69) is 16.5 Å². The molecule has 0 bridgehead atoms. The number of rotatable bonds is 3. The molecule has 8 heteroatoms. The summed E-state index contributed by atoms with van der Waals surface area (Å²) in [4.78, 5) is 24.1. The molecule has 0 aliphatic carbocycles. The van der Waals surface area contributed by atoms with Crippen LogP contribution in [0.3, 0.4) is 0 Å². The van der Waals surface area contributed by atoms with Gasteiger partial charge in [0.15, 0.2) is 11.5 Å². The maximum absolute atomic E-state index is 12.3. The Morgan fingerprint density at radius 1 is 1.46 bits per heavy atom. The fourth-order valence-electron chi connectivity index (χ4n) is 3.59. The van der Waals surface area contributed by atoms with Crippen LogP contribution in [0.1, 0.15) is 30.1 Å². The number of aromatic nitrogens is 3. The maximum atomic E-state index is 12.3. The Morgan fingerprint density at radius 2 is 2.31 bits per heavy atom. The van der Waals surface area contributed by atoms with Crippen LogP contribution in [0.2, 0.25) is 0 Å². The van der Waals surface area contributed by atoms with E-state index in [9.17, 15) is 4.79 Å². The van der Waals surface area contributed by atoms with Crippen molar-refractivity contribution in [2.45, 2.75) is 18.8 Å². The van der Waals surface area contributed by atoms with Crippen molar-refractivity contribution in [3.05, 3.63) is 29.9 Å². The van der Waals surface area contributed by atoms with Crippen molar-refractivity contribution in [2.24, 2.45) is 5.92 Å². The largest absolute Gasteiger partial charge is 0.381 e. The first-order chi connectivity index (χ1) is 12.5. The van der Waals surface area contributed by atoms with E-state index in [4.69, 9.17) is 10.7 Å². The molecule has 0 saturated carbocycles. The van der Waals surface area contributed by atoms with Crippen LogP contribution in [0.5, 0.6) is 0 Å². The fourth-order valence-corrected chi connectivity index (χ4v) is 4.75. The molecule has 2 aromatic heterocycles. The van der Waals surface area contributed by atoms with Crippen LogP contribution in [0.25, 0.3) is 10.6 Å². The first-order valence-electron chi connectivity index (χ1n) is 8.95. The summed E-state index contributed by atoms with van der Waals surface area (Å²) < 4.78 is 2.04. The van der Waals surface area contributed by atoms with Gasteiger partial charge in [0.2, 0.25) is 5.91 Å². The lowest BCUT2D eigenvalue weighted by Crippen LogP contribution is -2.28. The molecule has 1 amide bonds. The lowest BCUT2D eigenvalue weighted by molar-refractivity contribution is -0.130. The summed E-state index contributed by atoms with van der Waals surface area (Å²) in [5.74, 6) is 1.64. The molecular formula is C18H24N6OS. The van der Waals surface area contributed by atoms with Crippen LogP contribution in [0.15, 0.2) is 18.5 Å². The summed E-state index contributed by atoms with van der Waals surface area (Å²) in [5, 5.41) is 3.44. The summed E-state index contributed by atoms with van der Waals surface area (Å²) in [6.45, 7) is 2.02. The number of nitrogens with two attached hydrogens (primary N) is 1. The summed E-state index contributed by atoms with van der Waals surface area (Å²) in [6, 6.07) is 0. The highest BCUT2D eigenvalue weighted by atomic mass is 32.2. The van der Waals surface area contributed by atoms with E-state index < -0.39 is 0 Å². The zero-order valence-corrected chi connectivity index (χ0v) is 15.9. The van der Waals surface area contributed by atoms with Crippen LogP contribution < -0.4 is 11.1 Å². The number of amides is 1. The molecule has 0 spiro atoms. The van der Waals surface area contributed by atoms with Gasteiger partial charge >= 0.3 is 0 Å². The quantitative estimate of drug-likeness (QED) is 0.850. The Hall–Kier alpha value is -2.06. The van der Waals surface area contributed by atoms with Gasteiger partial charge in [0.05, 0.1) is 23.5 Å². The second kappa shape index (κ2) is 6.92. The highest BCUT2D eigenvalue weighted by molar-refractivity contribution is 8.08. The molecule has 7 nitrogen and oxygen atoms in total. The third-order valence-corrected chi connectivity index (χ3v) is 6.22. The van der Waals surface area contributed by atoms with Crippen molar-refractivity contribution in [3.63, 3.8) is 0 Å². The number of thioether (sulfide) groups is 1. The van der Waals surface area contributed by atoms with E-state index in [0.717, 1.165) is 48.0 Å². The minimum atomic E-state index is -0.0943. The number of anilines is 1. The first-order valence-corrected chi connectivity index (χ1v) is 9.93. The molecule has 1 saturated heterocycles. The van der Waals surface area contributed by atoms with Gasteiger partial charge in [-0.15, -0.1) is 11.8 Å². The van der Waals surface area contributed by atoms with Gasteiger partial charge in [0, 0.05) is 43.4 Å². The Kier molecular flexibility index (Phi) is 4.62. The molecule has 26 heavy (non-hydrogen) atoms. The number of imidazole rings is 1. The number of fused-ring (bicyclic) bond motifs is 1. The van der Waals surface area contributed by atoms with Gasteiger partial charge in [0.1, 0.15) is 0 Å². The third-order valence-electron chi connectivity index (χ3n) is 5.04. The van der Waals surface area contributed by atoms with Crippen molar-refractivity contribution in [3.8, 4) is 0 Å². The van der Waals surface area contributed by atoms with Gasteiger partial charge in [-0.3, -0.25) is 9.20 Å². The summed E-state index contributed by atoms with van der Waals surface area (Å²) >= 11 is 1.69. The standard InChI is InChI=1S/C18H24N6OS/c1-23(2)18(25)12-6-15(26-10-12)14-8-21-16(19)17-22-13(9-24(14)17)11-4-3-5-20-7-11/h6,8-9,11-12,20H,3-5,7,10H2,1-2H3,(H2,19,21)/t11-,12?/m0/s1. The van der Waals surface area contributed by atoms with Gasteiger partial charge in [-0.2, -0.15) is 0 Å². The Bertz CT molecular complexity index is 868. The van der Waals surface area contributed by atoms with Crippen LogP contribution in [-0.2, 0) is 4.79 Å². The zero-order chi connectivity index (χ0) is 18.3. The Morgan fingerprint density at radius 3 is 3.04 bits per heavy atom. The molecule has 3 N–H and O–H groups in total. The average Bonchev–Trinajstić information content (AvgIpc) is 3.30. The van der Waals surface area contributed by atoms with Crippen molar-refractivity contribution >= 4 is 34.0 Å². The van der Waals surface area contributed by atoms with Crippen LogP contribution in [0, 0.1) is 5.92 Å². The lowest BCUT2D eigenvalue weighted by Gasteiger charge is -2.20. The zero-order valence-electron chi connectivity index (χ0n) is 15.1. The smallest absolute Gasteiger partial charge is 0.229 e. The molecule has 2 aliphatic heterocycles. The van der Waals surface area contributed by atoms with Crippen LogP contribution in [-0.4, -0.2) is 58.1 Å². The number of carbonyl (C=O) groups excluding carboxylic acids is 1. The van der Waals surface area contributed by atoms with Crippen molar-refractivity contribution in [2.75, 3.05) is 38.7 Å². The second-order valence-corrected chi connectivity index (χ2v) is 8.17. The van der Waals surface area contributed by atoms with Gasteiger partial charge in [-0.25, -0.2) is 9.97 Å². The predicted molar refractivity (Wildman–Crippen MR) is 105 cm³/mol. The maximum Gasteiger partial charge on any atom is 0.229 e. The van der Waals surface area contributed by atoms with E-state index in [0.29, 0.717) is 17.4 Å². The monoisotopic (exact) mass is 372 g/mol. The van der Waals surface area contributed by atoms with Gasteiger partial charge in [-0.1, -0.05) is 6.08 Å². The Labute approximate surface area is 157 Å². The SMILES string of the molecule is CN(C)C(=O)C1C=C(c2cnc(N)c3nc([C@H]4CCCNC4)cn23)SC1. The van der Waals surface area contributed by atoms with Crippen molar-refractivity contribution in [1.29, 1.82) is 0 Å². The van der Waals surface area contributed by atoms with Crippen molar-refractivity contribution < 1.29 is 4.79 Å². The molecule has 2 aliphatic rings. The van der Waals surface area contributed by atoms with Gasteiger partial charge in [0.25, 0.3) is 0 Å². The first kappa shape index (κ1) is 17.4. The Balaban J connectivity index is 1.72. The number of carbonyl (C=O) groups is 1. The number of nitrogens with one attached hydrogen (secondary N) is 1. The minimum absolute atomic E-state index is 0.0943. The number of piperidine rings is 1. The molecular weight excluding hydrogens is 348 g/mol. The number of hydrogen-bond donors (Lipinski definition) is 2. The summed E-state index contributed by atoms with van der Waals surface area (Å²) in [6.07, 6.45) is 8.21. The molecule has 2 atom stereocenters. The molecule has 0 radical (unpaired) electrons. The summed E-state index contributed by atoms with van der Waals surface area (Å²) in [7, 11) is 3.59. The van der Waals surface area contributed by atoms with Crippen LogP contribution in [0.4, 0.5) is 5.82 Å². The average molecular weight is 372 g/mol. The molecule has 0 aromatic carbocycles. The topological polar surface area (TPSA) is 88.5 Å². The third kappa shape index (κ3) is 3.07. The van der Waals surface area contributed by atoms with E-state index in [1.807, 2.05) is 10.5 Å². The lowest BCUT2D eigenvalue weighted by atomic mass is 9.97. The predicted octanol–water partition coefficient (Wildman–Crippen LogP) is 1.57. The minimum Gasteiger partial charge on any atom is -0.381 e. The number of nitrogen functional groups attached to an aromatic ring is 1. The van der Waals surface area contributed by atoms with Crippen LogP contribution >= 0.6 is 11.8 Å². The summed E-state index contributed by atoms with van der Waals surface area (Å²) in [5.41, 5.74) is 8.80. The van der Waals surface area contributed by atoms with E-state index in [1.165, 1.54) is 0 Å². The molecule has 138 valence electrons. The molecule has 1 fully saturated rings. The van der Waals surface area contributed by atoms with E-state index in [1.54, 1.807) is 37.0 Å². The number of hydrogen-bond acceptors (Lipinski definition) is 6. The highest BCUT2D eigenvalue weighted by Crippen LogP contribution is 2.38. The van der Waals surface area contributed by atoms with Gasteiger partial charge in [-0.05, 0) is 19.4 Å². The molecule has 1 unspecified atom stereocenters. The van der Waals surface area contributed by atoms with Gasteiger partial charge < -0.3 is 16.0 Å². The molecule has 4 rings (SSSR count). The normalized spacial score (nSPS) is 23.2. The van der Waals surface area contributed by atoms with E-state index in [-0.39, 0.29) is 11.8 Å². The van der Waals surface area contributed by atoms with Crippen molar-refractivity contribution in [1.82, 2.24) is 24.6 Å². The fraction of sp³-hybridized carbons (Fsp3) is 0.500. The molecule has 2 aromatic rings.